The molecule has 1 atom stereocenters. The van der Waals surface area contributed by atoms with Crippen molar-refractivity contribution in [1.82, 2.24) is 4.90 Å². The molecule has 0 radical (unpaired) electrons. The van der Waals surface area contributed by atoms with Gasteiger partial charge in [0.2, 0.25) is 0 Å². The molecule has 1 saturated heterocycles. The van der Waals surface area contributed by atoms with Gasteiger partial charge < -0.3 is 10.1 Å². The van der Waals surface area contributed by atoms with Gasteiger partial charge in [0.25, 0.3) is 5.69 Å². The molecule has 0 spiro atoms. The maximum absolute atomic E-state index is 11.2. The fraction of sp³-hybridized carbons (Fsp3) is 0.538. The number of ether oxygens (including phenoxy) is 1. The summed E-state index contributed by atoms with van der Waals surface area (Å²) in [6.45, 7) is 4.93. The van der Waals surface area contributed by atoms with E-state index in [2.05, 4.69) is 10.2 Å². The monoisotopic (exact) mass is 328 g/mol. The van der Waals surface area contributed by atoms with Gasteiger partial charge in [0.15, 0.2) is 0 Å². The maximum atomic E-state index is 11.2. The summed E-state index contributed by atoms with van der Waals surface area (Å²) in [7, 11) is -1.73. The number of hydrogen-bond donors (Lipinski definition) is 2. The Bertz CT molecular complexity index is 549. The molecule has 0 aromatic heterocycles. The van der Waals surface area contributed by atoms with Gasteiger partial charge in [0.05, 0.1) is 23.0 Å². The highest BCUT2D eigenvalue weighted by Crippen LogP contribution is 2.26. The van der Waals surface area contributed by atoms with Crippen LogP contribution in [0.25, 0.3) is 0 Å². The second kappa shape index (κ2) is 8.18. The molecule has 2 rings (SSSR count). The van der Waals surface area contributed by atoms with E-state index in [-0.39, 0.29) is 10.6 Å². The number of benzene rings is 1. The minimum Gasteiger partial charge on any atom is -0.379 e. The number of hydrogen-bond acceptors (Lipinski definition) is 6. The zero-order chi connectivity index (χ0) is 15.9. The van der Waals surface area contributed by atoms with Crippen molar-refractivity contribution in [3.63, 3.8) is 0 Å². The third-order valence-electron chi connectivity index (χ3n) is 3.47. The Morgan fingerprint density at radius 2 is 2.14 bits per heavy atom. The van der Waals surface area contributed by atoms with E-state index in [0.29, 0.717) is 12.2 Å². The lowest BCUT2D eigenvalue weighted by Crippen LogP contribution is -2.37. The van der Waals surface area contributed by atoms with Gasteiger partial charge in [-0.05, 0) is 25.1 Å². The van der Waals surface area contributed by atoms with Gasteiger partial charge in [-0.3, -0.25) is 15.0 Å². The summed E-state index contributed by atoms with van der Waals surface area (Å²) in [5, 5.41) is 19.4. The molecule has 122 valence electrons. The Kier molecular flexibility index (Phi) is 6.25. The zero-order valence-corrected chi connectivity index (χ0v) is 13.0. The second-order valence-electron chi connectivity index (χ2n) is 4.97. The van der Waals surface area contributed by atoms with Crippen molar-refractivity contribution in [2.75, 3.05) is 44.7 Å². The number of nitrogens with zero attached hydrogens (tertiary/aromatic N) is 2. The van der Waals surface area contributed by atoms with Gasteiger partial charge in [0, 0.05) is 25.7 Å². The van der Waals surface area contributed by atoms with E-state index >= 15 is 0 Å². The average Bonchev–Trinajstić information content (AvgIpc) is 2.52. The van der Waals surface area contributed by atoms with Crippen LogP contribution in [-0.2, 0) is 15.7 Å². The molecule has 8 nitrogen and oxygen atoms in total. The number of nitro groups is 1. The Morgan fingerprint density at radius 3 is 2.77 bits per heavy atom. The molecular formula is C13H20N4O4S. The van der Waals surface area contributed by atoms with Crippen molar-refractivity contribution in [2.45, 2.75) is 11.3 Å². The summed E-state index contributed by atoms with van der Waals surface area (Å²) in [4.78, 5) is 13.1. The van der Waals surface area contributed by atoms with Crippen LogP contribution in [-0.4, -0.2) is 53.4 Å². The molecule has 0 saturated carbocycles. The highest BCUT2D eigenvalue weighted by molar-refractivity contribution is 7.82. The summed E-state index contributed by atoms with van der Waals surface area (Å²) in [5.74, 6) is 0. The molecule has 1 aromatic carbocycles. The highest BCUT2D eigenvalue weighted by Gasteiger charge is 2.16. The normalized spacial score (nSPS) is 17.1. The van der Waals surface area contributed by atoms with Gasteiger partial charge in [-0.25, -0.2) is 9.35 Å². The maximum Gasteiger partial charge on any atom is 0.293 e. The molecule has 9 heteroatoms. The van der Waals surface area contributed by atoms with E-state index in [9.17, 15) is 14.3 Å². The zero-order valence-electron chi connectivity index (χ0n) is 12.2. The first kappa shape index (κ1) is 16.8. The van der Waals surface area contributed by atoms with Crippen LogP contribution in [0, 0.1) is 10.1 Å². The first-order valence-electron chi connectivity index (χ1n) is 7.06. The van der Waals surface area contributed by atoms with Crippen molar-refractivity contribution in [3.8, 4) is 0 Å². The first-order chi connectivity index (χ1) is 10.6. The molecule has 0 amide bonds. The average molecular weight is 328 g/mol. The van der Waals surface area contributed by atoms with E-state index in [1.807, 2.05) is 0 Å². The predicted molar refractivity (Wildman–Crippen MR) is 84.1 cm³/mol. The van der Waals surface area contributed by atoms with Crippen LogP contribution in [0.3, 0.4) is 0 Å². The minimum atomic E-state index is -1.73. The van der Waals surface area contributed by atoms with E-state index in [1.54, 1.807) is 6.07 Å². The predicted octanol–water partition coefficient (Wildman–Crippen LogP) is 0.710. The smallest absolute Gasteiger partial charge is 0.293 e. The lowest BCUT2D eigenvalue weighted by atomic mass is 10.2. The van der Waals surface area contributed by atoms with Crippen molar-refractivity contribution >= 4 is 22.4 Å². The largest absolute Gasteiger partial charge is 0.379 e. The molecule has 1 aromatic rings. The summed E-state index contributed by atoms with van der Waals surface area (Å²) >= 11 is 0. The Hall–Kier alpha value is -1.55. The van der Waals surface area contributed by atoms with Crippen LogP contribution in [0.1, 0.15) is 6.42 Å². The van der Waals surface area contributed by atoms with E-state index in [4.69, 9.17) is 9.88 Å². The highest BCUT2D eigenvalue weighted by atomic mass is 32.2. The van der Waals surface area contributed by atoms with Gasteiger partial charge in [-0.2, -0.15) is 0 Å². The minimum absolute atomic E-state index is 0.109. The SMILES string of the molecule is NS(=O)c1ccc(NCCCN2CCOCC2)c([N+](=O)[O-])c1. The van der Waals surface area contributed by atoms with Crippen LogP contribution in [0.5, 0.6) is 0 Å². The van der Waals surface area contributed by atoms with Crippen molar-refractivity contribution < 1.29 is 13.9 Å². The van der Waals surface area contributed by atoms with Crippen LogP contribution in [0.4, 0.5) is 11.4 Å². The van der Waals surface area contributed by atoms with E-state index in [0.717, 1.165) is 39.3 Å². The molecule has 1 heterocycles. The molecule has 3 N–H and O–H groups in total. The number of nitrogens with two attached hydrogens (primary N) is 1. The molecule has 1 aliphatic rings. The molecular weight excluding hydrogens is 308 g/mol. The van der Waals surface area contributed by atoms with Crippen molar-refractivity contribution in [1.29, 1.82) is 0 Å². The lowest BCUT2D eigenvalue weighted by Gasteiger charge is -2.26. The third kappa shape index (κ3) is 4.73. The first-order valence-corrected chi connectivity index (χ1v) is 8.28. The number of rotatable bonds is 7. The Morgan fingerprint density at radius 1 is 1.41 bits per heavy atom. The van der Waals surface area contributed by atoms with E-state index in [1.165, 1.54) is 12.1 Å². The quantitative estimate of drug-likeness (QED) is 0.433. The van der Waals surface area contributed by atoms with Crippen molar-refractivity contribution in [2.24, 2.45) is 5.14 Å². The third-order valence-corrected chi connectivity index (χ3v) is 4.19. The van der Waals surface area contributed by atoms with Gasteiger partial charge in [-0.15, -0.1) is 0 Å². The summed E-state index contributed by atoms with van der Waals surface area (Å²) < 4.78 is 16.5. The summed E-state index contributed by atoms with van der Waals surface area (Å²) in [6, 6.07) is 4.33. The summed E-state index contributed by atoms with van der Waals surface area (Å²) in [5.41, 5.74) is 0.309. The van der Waals surface area contributed by atoms with E-state index < -0.39 is 15.9 Å². The van der Waals surface area contributed by atoms with Crippen molar-refractivity contribution in [3.05, 3.63) is 28.3 Å². The van der Waals surface area contributed by atoms with Gasteiger partial charge in [-0.1, -0.05) is 0 Å². The van der Waals surface area contributed by atoms with Crippen LogP contribution < -0.4 is 10.5 Å². The standard InChI is InChI=1S/C13H20N4O4S/c14-22(20)11-2-3-12(13(10-11)17(18)19)15-4-1-5-16-6-8-21-9-7-16/h2-3,10,15H,1,4-9,14H2. The lowest BCUT2D eigenvalue weighted by molar-refractivity contribution is -0.384. The van der Waals surface area contributed by atoms with Crippen LogP contribution in [0.15, 0.2) is 23.1 Å². The number of nitro benzene ring substituents is 1. The van der Waals surface area contributed by atoms with Crippen LogP contribution in [0.2, 0.25) is 0 Å². The number of morpholine rings is 1. The fourth-order valence-corrected chi connectivity index (χ4v) is 2.72. The topological polar surface area (TPSA) is 111 Å². The Balaban J connectivity index is 1.88. The van der Waals surface area contributed by atoms with Gasteiger partial charge in [0.1, 0.15) is 16.7 Å². The molecule has 1 aliphatic heterocycles. The molecule has 1 unspecified atom stereocenters. The summed E-state index contributed by atoms with van der Waals surface area (Å²) in [6.07, 6.45) is 0.877. The molecule has 0 bridgehead atoms. The Labute approximate surface area is 131 Å². The molecule has 1 fully saturated rings. The molecule has 22 heavy (non-hydrogen) atoms. The van der Waals surface area contributed by atoms with Gasteiger partial charge >= 0.3 is 0 Å². The molecule has 0 aliphatic carbocycles. The fourth-order valence-electron chi connectivity index (χ4n) is 2.29. The second-order valence-corrected chi connectivity index (χ2v) is 6.03. The van der Waals surface area contributed by atoms with Crippen LogP contribution >= 0.6 is 0 Å². The number of anilines is 1. The number of nitrogens with one attached hydrogen (secondary N) is 1.